The molecule has 0 fully saturated rings. The van der Waals surface area contributed by atoms with Crippen molar-refractivity contribution in [3.05, 3.63) is 81.8 Å². The van der Waals surface area contributed by atoms with Crippen LogP contribution in [-0.4, -0.2) is 39.4 Å². The molecule has 0 aliphatic rings. The van der Waals surface area contributed by atoms with E-state index in [1.807, 2.05) is 6.92 Å². The summed E-state index contributed by atoms with van der Waals surface area (Å²) in [6, 6.07) is 15.7. The normalized spacial score (nSPS) is 11.4. The summed E-state index contributed by atoms with van der Waals surface area (Å²) in [5, 5.41) is 3.58. The zero-order chi connectivity index (χ0) is 24.9. The third-order valence-corrected chi connectivity index (χ3v) is 7.31. The minimum absolute atomic E-state index is 0.00419. The van der Waals surface area contributed by atoms with Gasteiger partial charge in [0.15, 0.2) is 0 Å². The van der Waals surface area contributed by atoms with E-state index in [0.717, 1.165) is 0 Å². The molecule has 34 heavy (non-hydrogen) atoms. The summed E-state index contributed by atoms with van der Waals surface area (Å²) >= 11 is 12.0. The molecular weight excluding hydrogens is 499 g/mol. The number of ether oxygens (including phenoxy) is 2. The summed E-state index contributed by atoms with van der Waals surface area (Å²) in [6.07, 6.45) is 0. The van der Waals surface area contributed by atoms with Gasteiger partial charge in [-0.05, 0) is 67.6 Å². The van der Waals surface area contributed by atoms with E-state index in [1.165, 1.54) is 42.7 Å². The first-order valence-corrected chi connectivity index (χ1v) is 12.5. The number of sulfonamides is 1. The lowest BCUT2D eigenvalue weighted by Crippen LogP contribution is -2.27. The average molecular weight is 523 g/mol. The van der Waals surface area contributed by atoms with Crippen LogP contribution in [-0.2, 0) is 16.6 Å². The van der Waals surface area contributed by atoms with Crippen LogP contribution in [0.1, 0.15) is 22.8 Å². The van der Waals surface area contributed by atoms with Gasteiger partial charge in [0, 0.05) is 35.4 Å². The predicted octanol–water partition coefficient (Wildman–Crippen LogP) is 5.47. The van der Waals surface area contributed by atoms with E-state index < -0.39 is 10.0 Å². The second-order valence-electron chi connectivity index (χ2n) is 7.27. The average Bonchev–Trinajstić information content (AvgIpc) is 2.80. The maximum Gasteiger partial charge on any atom is 0.255 e. The van der Waals surface area contributed by atoms with Gasteiger partial charge in [0.05, 0.1) is 23.6 Å². The predicted molar refractivity (Wildman–Crippen MR) is 134 cm³/mol. The number of hydrogen-bond donors (Lipinski definition) is 1. The van der Waals surface area contributed by atoms with Crippen LogP contribution in [0.15, 0.2) is 65.6 Å². The highest BCUT2D eigenvalue weighted by atomic mass is 35.5. The Morgan fingerprint density at radius 3 is 2.29 bits per heavy atom. The van der Waals surface area contributed by atoms with Crippen molar-refractivity contribution in [2.45, 2.75) is 18.4 Å². The molecule has 180 valence electrons. The molecule has 0 aliphatic heterocycles. The van der Waals surface area contributed by atoms with Crippen LogP contribution in [0.3, 0.4) is 0 Å². The highest BCUT2D eigenvalue weighted by Crippen LogP contribution is 2.29. The van der Waals surface area contributed by atoms with Gasteiger partial charge < -0.3 is 14.8 Å². The molecular formula is C24H24Cl2N2O5S. The molecule has 3 aromatic carbocycles. The van der Waals surface area contributed by atoms with Gasteiger partial charge in [-0.15, -0.1) is 0 Å². The number of nitrogens with zero attached hydrogens (tertiary/aromatic N) is 1. The number of nitrogens with one attached hydrogen (secondary N) is 1. The number of halogens is 2. The fraction of sp³-hybridized carbons (Fsp3) is 0.208. The Balaban J connectivity index is 1.86. The molecule has 0 bridgehead atoms. The van der Waals surface area contributed by atoms with Gasteiger partial charge in [-0.3, -0.25) is 4.79 Å². The summed E-state index contributed by atoms with van der Waals surface area (Å²) < 4.78 is 38.0. The van der Waals surface area contributed by atoms with E-state index in [2.05, 4.69) is 5.32 Å². The zero-order valence-corrected chi connectivity index (χ0v) is 21.2. The Kier molecular flexibility index (Phi) is 8.43. The van der Waals surface area contributed by atoms with Crippen LogP contribution in [0.4, 0.5) is 5.69 Å². The Hall–Kier alpha value is -2.78. The molecule has 0 saturated carbocycles. The molecule has 7 nitrogen and oxygen atoms in total. The van der Waals surface area contributed by atoms with Crippen LogP contribution in [0, 0.1) is 0 Å². The largest absolute Gasteiger partial charge is 0.495 e. The Morgan fingerprint density at radius 2 is 1.68 bits per heavy atom. The van der Waals surface area contributed by atoms with E-state index in [0.29, 0.717) is 45.0 Å². The second-order valence-corrected chi connectivity index (χ2v) is 10.2. The van der Waals surface area contributed by atoms with Crippen LogP contribution in [0.5, 0.6) is 11.5 Å². The molecule has 3 aromatic rings. The van der Waals surface area contributed by atoms with E-state index >= 15 is 0 Å². The van der Waals surface area contributed by atoms with E-state index in [-0.39, 0.29) is 17.3 Å². The van der Waals surface area contributed by atoms with Crippen LogP contribution in [0.2, 0.25) is 10.0 Å². The van der Waals surface area contributed by atoms with Gasteiger partial charge in [0.2, 0.25) is 10.0 Å². The monoisotopic (exact) mass is 522 g/mol. The lowest BCUT2D eigenvalue weighted by atomic mass is 10.1. The number of carbonyl (C=O) groups excluding carboxylic acids is 1. The Bertz CT molecular complexity index is 1280. The van der Waals surface area contributed by atoms with Crippen molar-refractivity contribution >= 4 is 44.8 Å². The molecule has 0 saturated heterocycles. The first kappa shape index (κ1) is 25.8. The molecule has 3 rings (SSSR count). The minimum Gasteiger partial charge on any atom is -0.495 e. The van der Waals surface area contributed by atoms with Gasteiger partial charge in [-0.25, -0.2) is 8.42 Å². The topological polar surface area (TPSA) is 84.9 Å². The number of carbonyl (C=O) groups is 1. The molecule has 10 heteroatoms. The van der Waals surface area contributed by atoms with Gasteiger partial charge in [0.1, 0.15) is 11.5 Å². The number of benzene rings is 3. The molecule has 0 aliphatic carbocycles. The first-order chi connectivity index (χ1) is 16.1. The van der Waals surface area contributed by atoms with Crippen LogP contribution in [0.25, 0.3) is 0 Å². The number of methoxy groups -OCH3 is 1. The quantitative estimate of drug-likeness (QED) is 0.402. The summed E-state index contributed by atoms with van der Waals surface area (Å²) in [5.41, 5.74) is 1.37. The molecule has 0 heterocycles. The second kappa shape index (κ2) is 11.1. The molecule has 1 amide bonds. The van der Waals surface area contributed by atoms with Crippen molar-refractivity contribution in [2.24, 2.45) is 0 Å². The molecule has 0 unspecified atom stereocenters. The molecule has 0 aromatic heterocycles. The number of hydrogen-bond acceptors (Lipinski definition) is 5. The summed E-state index contributed by atoms with van der Waals surface area (Å²) in [7, 11) is -0.818. The smallest absolute Gasteiger partial charge is 0.255 e. The van der Waals surface area contributed by atoms with Crippen molar-refractivity contribution in [1.82, 2.24) is 4.31 Å². The minimum atomic E-state index is -3.79. The van der Waals surface area contributed by atoms with Crippen LogP contribution < -0.4 is 14.8 Å². The maximum absolute atomic E-state index is 13.0. The number of amides is 1. The molecule has 0 atom stereocenters. The van der Waals surface area contributed by atoms with Crippen molar-refractivity contribution in [3.8, 4) is 11.5 Å². The Morgan fingerprint density at radius 1 is 1.00 bits per heavy atom. The van der Waals surface area contributed by atoms with Gasteiger partial charge in [-0.2, -0.15) is 4.31 Å². The van der Waals surface area contributed by atoms with Crippen molar-refractivity contribution in [2.75, 3.05) is 26.1 Å². The highest BCUT2D eigenvalue weighted by Gasteiger charge is 2.23. The highest BCUT2D eigenvalue weighted by molar-refractivity contribution is 7.89. The van der Waals surface area contributed by atoms with E-state index in [4.69, 9.17) is 32.7 Å². The summed E-state index contributed by atoms with van der Waals surface area (Å²) in [5.74, 6) is 0.603. The fourth-order valence-electron chi connectivity index (χ4n) is 3.20. The van der Waals surface area contributed by atoms with Gasteiger partial charge >= 0.3 is 0 Å². The standard InChI is InChI=1S/C24H24Cl2N2O5S/c1-4-33-22-11-5-16(24(29)27-19-8-12-23(32-3)21(26)14-19)13-17(22)15-28(2)34(30,31)20-9-6-18(25)7-10-20/h5-14H,4,15H2,1-3H3,(H,27,29). The lowest BCUT2D eigenvalue weighted by molar-refractivity contribution is 0.102. The zero-order valence-electron chi connectivity index (χ0n) is 18.8. The van der Waals surface area contributed by atoms with E-state index in [1.54, 1.807) is 36.4 Å². The summed E-state index contributed by atoms with van der Waals surface area (Å²) in [4.78, 5) is 13.0. The van der Waals surface area contributed by atoms with Crippen molar-refractivity contribution in [1.29, 1.82) is 0 Å². The number of anilines is 1. The van der Waals surface area contributed by atoms with Gasteiger partial charge in [0.25, 0.3) is 5.91 Å². The fourth-order valence-corrected chi connectivity index (χ4v) is 4.73. The molecule has 0 radical (unpaired) electrons. The lowest BCUT2D eigenvalue weighted by Gasteiger charge is -2.20. The van der Waals surface area contributed by atoms with Crippen LogP contribution >= 0.6 is 23.2 Å². The maximum atomic E-state index is 13.0. The number of rotatable bonds is 9. The molecule has 1 N–H and O–H groups in total. The summed E-state index contributed by atoms with van der Waals surface area (Å²) in [6.45, 7) is 2.21. The SMILES string of the molecule is CCOc1ccc(C(=O)Nc2ccc(OC)c(Cl)c2)cc1CN(C)S(=O)(=O)c1ccc(Cl)cc1. The first-order valence-electron chi connectivity index (χ1n) is 10.3. The third kappa shape index (κ3) is 6.01. The van der Waals surface area contributed by atoms with Crippen molar-refractivity contribution < 1.29 is 22.7 Å². The third-order valence-electron chi connectivity index (χ3n) is 4.95. The van der Waals surface area contributed by atoms with E-state index in [9.17, 15) is 13.2 Å². The van der Waals surface area contributed by atoms with Gasteiger partial charge in [-0.1, -0.05) is 23.2 Å². The molecule has 0 spiro atoms. The van der Waals surface area contributed by atoms with Crippen molar-refractivity contribution in [3.63, 3.8) is 0 Å². The Labute approximate surface area is 209 Å².